The van der Waals surface area contributed by atoms with E-state index in [-0.39, 0.29) is 24.0 Å². The highest BCUT2D eigenvalue weighted by molar-refractivity contribution is 14.0. The standard InChI is InChI=1S/C17H34N4.HI/c1-14(2)12-20-8-4-5-16(13-20)11-19-17(18)21-9-6-15(3)7-10-21;/h14-16H,4-13H2,1-3H3,(H2,18,19);1H. The number of aliphatic imine (C=N–C) groups is 1. The predicted molar refractivity (Wildman–Crippen MR) is 106 cm³/mol. The topological polar surface area (TPSA) is 44.9 Å². The fourth-order valence-corrected chi connectivity index (χ4v) is 3.54. The zero-order valence-electron chi connectivity index (χ0n) is 14.6. The second-order valence-corrected chi connectivity index (χ2v) is 7.53. The Morgan fingerprint density at radius 1 is 1.18 bits per heavy atom. The van der Waals surface area contributed by atoms with Crippen LogP contribution in [0, 0.1) is 17.8 Å². The van der Waals surface area contributed by atoms with Gasteiger partial charge in [-0.1, -0.05) is 20.8 Å². The van der Waals surface area contributed by atoms with E-state index in [0.717, 1.165) is 37.4 Å². The number of piperidine rings is 2. The van der Waals surface area contributed by atoms with Crippen molar-refractivity contribution >= 4 is 29.9 Å². The summed E-state index contributed by atoms with van der Waals surface area (Å²) in [6, 6.07) is 0. The van der Waals surface area contributed by atoms with Gasteiger partial charge in [-0.15, -0.1) is 24.0 Å². The van der Waals surface area contributed by atoms with Crippen molar-refractivity contribution in [1.29, 1.82) is 0 Å². The number of nitrogens with two attached hydrogens (primary N) is 1. The van der Waals surface area contributed by atoms with Gasteiger partial charge in [0.05, 0.1) is 0 Å². The lowest BCUT2D eigenvalue weighted by atomic mass is 9.97. The maximum absolute atomic E-state index is 6.19. The lowest BCUT2D eigenvalue weighted by Gasteiger charge is -2.34. The molecule has 22 heavy (non-hydrogen) atoms. The molecule has 2 rings (SSSR count). The van der Waals surface area contributed by atoms with Gasteiger partial charge >= 0.3 is 0 Å². The Bertz CT molecular complexity index is 338. The molecule has 1 unspecified atom stereocenters. The summed E-state index contributed by atoms with van der Waals surface area (Å²) >= 11 is 0. The first kappa shape index (κ1) is 20.0. The van der Waals surface area contributed by atoms with Crippen LogP contribution < -0.4 is 5.73 Å². The van der Waals surface area contributed by atoms with Crippen molar-refractivity contribution in [3.63, 3.8) is 0 Å². The monoisotopic (exact) mass is 422 g/mol. The third-order valence-electron chi connectivity index (χ3n) is 4.85. The minimum Gasteiger partial charge on any atom is -0.370 e. The number of halogens is 1. The number of nitrogens with zero attached hydrogens (tertiary/aromatic N) is 3. The van der Waals surface area contributed by atoms with Gasteiger partial charge in [-0.25, -0.2) is 0 Å². The predicted octanol–water partition coefficient (Wildman–Crippen LogP) is 3.02. The van der Waals surface area contributed by atoms with E-state index in [1.807, 2.05) is 0 Å². The van der Waals surface area contributed by atoms with Crippen molar-refractivity contribution in [2.45, 2.75) is 46.5 Å². The fourth-order valence-electron chi connectivity index (χ4n) is 3.54. The summed E-state index contributed by atoms with van der Waals surface area (Å²) in [6.45, 7) is 13.7. The van der Waals surface area contributed by atoms with E-state index in [9.17, 15) is 0 Å². The van der Waals surface area contributed by atoms with Crippen molar-refractivity contribution in [3.8, 4) is 0 Å². The molecule has 1 atom stereocenters. The summed E-state index contributed by atoms with van der Waals surface area (Å²) in [5.41, 5.74) is 6.19. The molecule has 2 aliphatic heterocycles. The largest absolute Gasteiger partial charge is 0.370 e. The minimum atomic E-state index is 0. The molecule has 130 valence electrons. The molecule has 2 saturated heterocycles. The molecule has 0 aliphatic carbocycles. The molecule has 0 bridgehead atoms. The number of rotatable bonds is 4. The molecule has 2 aliphatic rings. The smallest absolute Gasteiger partial charge is 0.191 e. The second kappa shape index (κ2) is 9.96. The van der Waals surface area contributed by atoms with Crippen LogP contribution in [0.5, 0.6) is 0 Å². The van der Waals surface area contributed by atoms with E-state index < -0.39 is 0 Å². The lowest BCUT2D eigenvalue weighted by molar-refractivity contribution is 0.161. The van der Waals surface area contributed by atoms with E-state index >= 15 is 0 Å². The Kier molecular flexibility index (Phi) is 9.05. The van der Waals surface area contributed by atoms with Crippen LogP contribution in [0.1, 0.15) is 46.5 Å². The van der Waals surface area contributed by atoms with Crippen LogP contribution in [-0.2, 0) is 0 Å². The Labute approximate surface area is 153 Å². The van der Waals surface area contributed by atoms with E-state index in [1.54, 1.807) is 0 Å². The van der Waals surface area contributed by atoms with Crippen LogP contribution in [0.25, 0.3) is 0 Å². The average molecular weight is 422 g/mol. The quantitative estimate of drug-likeness (QED) is 0.431. The SMILES string of the molecule is CC(C)CN1CCCC(CN=C(N)N2CCC(C)CC2)C1.I. The van der Waals surface area contributed by atoms with Gasteiger partial charge in [0.2, 0.25) is 0 Å². The van der Waals surface area contributed by atoms with Crippen LogP contribution in [-0.4, -0.2) is 55.0 Å². The summed E-state index contributed by atoms with van der Waals surface area (Å²) in [5.74, 6) is 3.08. The maximum Gasteiger partial charge on any atom is 0.191 e. The van der Waals surface area contributed by atoms with Gasteiger partial charge in [0, 0.05) is 32.7 Å². The molecule has 0 spiro atoms. The average Bonchev–Trinajstić information content (AvgIpc) is 2.45. The van der Waals surface area contributed by atoms with Gasteiger partial charge in [-0.2, -0.15) is 0 Å². The molecular weight excluding hydrogens is 387 g/mol. The second-order valence-electron chi connectivity index (χ2n) is 7.53. The Balaban J connectivity index is 0.00000242. The summed E-state index contributed by atoms with van der Waals surface area (Å²) in [7, 11) is 0. The third-order valence-corrected chi connectivity index (χ3v) is 4.85. The van der Waals surface area contributed by atoms with E-state index in [4.69, 9.17) is 10.7 Å². The molecule has 4 nitrogen and oxygen atoms in total. The molecule has 0 radical (unpaired) electrons. The maximum atomic E-state index is 6.19. The molecule has 0 aromatic heterocycles. The summed E-state index contributed by atoms with van der Waals surface area (Å²) in [6.07, 6.45) is 5.13. The van der Waals surface area contributed by atoms with Crippen molar-refractivity contribution in [1.82, 2.24) is 9.80 Å². The number of likely N-dealkylation sites (tertiary alicyclic amines) is 2. The first-order valence-corrected chi connectivity index (χ1v) is 8.81. The molecule has 5 heteroatoms. The number of hydrogen-bond acceptors (Lipinski definition) is 2. The molecule has 0 aromatic rings. The van der Waals surface area contributed by atoms with Gasteiger partial charge in [0.15, 0.2) is 5.96 Å². The van der Waals surface area contributed by atoms with Crippen molar-refractivity contribution in [2.75, 3.05) is 39.3 Å². The highest BCUT2D eigenvalue weighted by Gasteiger charge is 2.21. The molecule has 2 N–H and O–H groups in total. The van der Waals surface area contributed by atoms with Crippen LogP contribution >= 0.6 is 24.0 Å². The minimum absolute atomic E-state index is 0. The van der Waals surface area contributed by atoms with Crippen molar-refractivity contribution < 1.29 is 0 Å². The van der Waals surface area contributed by atoms with Gasteiger partial charge in [-0.05, 0) is 50.0 Å². The zero-order valence-corrected chi connectivity index (χ0v) is 17.0. The highest BCUT2D eigenvalue weighted by atomic mass is 127. The Hall–Kier alpha value is -0.0400. The van der Waals surface area contributed by atoms with Crippen molar-refractivity contribution in [2.24, 2.45) is 28.5 Å². The van der Waals surface area contributed by atoms with Crippen LogP contribution in [0.3, 0.4) is 0 Å². The molecule has 2 heterocycles. The highest BCUT2D eigenvalue weighted by Crippen LogP contribution is 2.19. The third kappa shape index (κ3) is 6.60. The normalized spacial score (nSPS) is 25.4. The van der Waals surface area contributed by atoms with E-state index in [0.29, 0.717) is 5.92 Å². The van der Waals surface area contributed by atoms with Crippen LogP contribution in [0.15, 0.2) is 4.99 Å². The zero-order chi connectivity index (χ0) is 15.2. The van der Waals surface area contributed by atoms with Crippen molar-refractivity contribution in [3.05, 3.63) is 0 Å². The number of guanidine groups is 1. The lowest BCUT2D eigenvalue weighted by Crippen LogP contribution is -2.43. The molecule has 0 amide bonds. The Morgan fingerprint density at radius 2 is 1.86 bits per heavy atom. The van der Waals surface area contributed by atoms with Gasteiger partial charge in [0.25, 0.3) is 0 Å². The Morgan fingerprint density at radius 3 is 2.50 bits per heavy atom. The van der Waals surface area contributed by atoms with Gasteiger partial charge < -0.3 is 15.5 Å². The molecule has 2 fully saturated rings. The first-order valence-electron chi connectivity index (χ1n) is 8.81. The first-order chi connectivity index (χ1) is 10.0. The van der Waals surface area contributed by atoms with E-state index in [1.165, 1.54) is 45.3 Å². The van der Waals surface area contributed by atoms with Crippen LogP contribution in [0.4, 0.5) is 0 Å². The molecule has 0 aromatic carbocycles. The molecular formula is C17H35IN4. The van der Waals surface area contributed by atoms with E-state index in [2.05, 4.69) is 30.6 Å². The summed E-state index contributed by atoms with van der Waals surface area (Å²) in [5, 5.41) is 0. The fraction of sp³-hybridized carbons (Fsp3) is 0.941. The van der Waals surface area contributed by atoms with Gasteiger partial charge in [0.1, 0.15) is 0 Å². The molecule has 0 saturated carbocycles. The summed E-state index contributed by atoms with van der Waals surface area (Å²) in [4.78, 5) is 9.58. The number of hydrogen-bond donors (Lipinski definition) is 1. The summed E-state index contributed by atoms with van der Waals surface area (Å²) < 4.78 is 0. The van der Waals surface area contributed by atoms with Crippen LogP contribution in [0.2, 0.25) is 0 Å². The van der Waals surface area contributed by atoms with Gasteiger partial charge in [-0.3, -0.25) is 4.99 Å².